The van der Waals surface area contributed by atoms with E-state index in [1.54, 1.807) is 20.8 Å². The fourth-order valence-corrected chi connectivity index (χ4v) is 1.94. The molecule has 1 aliphatic heterocycles. The molecule has 0 aromatic carbocycles. The van der Waals surface area contributed by atoms with Gasteiger partial charge in [-0.05, 0) is 26.7 Å². The zero-order valence-electron chi connectivity index (χ0n) is 16.4. The number of likely N-dealkylation sites (tertiary alicyclic amines) is 1. The van der Waals surface area contributed by atoms with Gasteiger partial charge < -0.3 is 14.2 Å². The Labute approximate surface area is 150 Å². The Hall–Kier alpha value is -2.05. The average Bonchev–Trinajstić information content (AvgIpc) is 2.88. The van der Waals surface area contributed by atoms with E-state index in [2.05, 4.69) is 11.3 Å². The highest BCUT2D eigenvalue weighted by molar-refractivity contribution is 5.89. The molecule has 1 saturated heterocycles. The molecule has 0 spiro atoms. The molecule has 0 N–H and O–H groups in total. The molecule has 144 valence electrons. The molecule has 25 heavy (non-hydrogen) atoms. The number of hydrogen-bond donors (Lipinski definition) is 0. The first-order valence-corrected chi connectivity index (χ1v) is 8.54. The lowest BCUT2D eigenvalue weighted by Gasteiger charge is -2.27. The van der Waals surface area contributed by atoms with Crippen LogP contribution in [0.4, 0.5) is 9.59 Å². The molecule has 1 atom stereocenters. The Morgan fingerprint density at radius 3 is 2.28 bits per heavy atom. The predicted octanol–water partition coefficient (Wildman–Crippen LogP) is 3.91. The number of carbonyl (C=O) groups excluding carboxylic acids is 3. The van der Waals surface area contributed by atoms with Crippen LogP contribution in [0, 0.1) is 5.92 Å². The van der Waals surface area contributed by atoms with Crippen molar-refractivity contribution < 1.29 is 28.6 Å². The Morgan fingerprint density at radius 2 is 1.80 bits per heavy atom. The second kappa shape index (κ2) is 10.1. The Morgan fingerprint density at radius 1 is 1.24 bits per heavy atom. The maximum Gasteiger partial charge on any atom is 0.516 e. The third-order valence-corrected chi connectivity index (χ3v) is 2.87. The zero-order valence-corrected chi connectivity index (χ0v) is 16.4. The van der Waals surface area contributed by atoms with E-state index in [4.69, 9.17) is 9.47 Å². The molecule has 0 unspecified atom stereocenters. The largest absolute Gasteiger partial charge is 0.516 e. The van der Waals surface area contributed by atoms with Crippen molar-refractivity contribution in [2.45, 2.75) is 66.5 Å². The molecule has 1 heterocycles. The number of carbonyl (C=O) groups is 3. The standard InChI is InChI=1S/C16H25NO6.C2H6/c1-10(2)9-21-15(20)22-13(18)12-7-11(3)8-17(12)14(19)23-16(4,5)6;1-2/h10,12H,3,7-9H2,1-2,4-6H3;1-2H3/t12-;/m0./s1. The lowest BCUT2D eigenvalue weighted by atomic mass is 10.2. The average molecular weight is 357 g/mol. The Bertz CT molecular complexity index is 492. The summed E-state index contributed by atoms with van der Waals surface area (Å²) in [5.41, 5.74) is -0.000540. The summed E-state index contributed by atoms with van der Waals surface area (Å²) in [6.45, 7) is 17.0. The SMILES string of the molecule is C=C1C[C@@H](C(=O)OC(=O)OCC(C)C)N(C(=O)OC(C)(C)C)C1.CC. The monoisotopic (exact) mass is 357 g/mol. The van der Waals surface area contributed by atoms with Gasteiger partial charge in [0, 0.05) is 13.0 Å². The molecule has 7 nitrogen and oxygen atoms in total. The van der Waals surface area contributed by atoms with Crippen LogP contribution in [0.15, 0.2) is 12.2 Å². The molecule has 0 saturated carbocycles. The summed E-state index contributed by atoms with van der Waals surface area (Å²) < 4.78 is 14.7. The van der Waals surface area contributed by atoms with Crippen molar-refractivity contribution in [3.8, 4) is 0 Å². The van der Waals surface area contributed by atoms with Gasteiger partial charge in [-0.1, -0.05) is 39.8 Å². The number of amides is 1. The second-order valence-corrected chi connectivity index (χ2v) is 6.95. The lowest BCUT2D eigenvalue weighted by Crippen LogP contribution is -2.44. The van der Waals surface area contributed by atoms with Crippen molar-refractivity contribution in [3.63, 3.8) is 0 Å². The minimum absolute atomic E-state index is 0.127. The first-order chi connectivity index (χ1) is 11.5. The van der Waals surface area contributed by atoms with Gasteiger partial charge in [0.2, 0.25) is 0 Å². The van der Waals surface area contributed by atoms with E-state index in [1.165, 1.54) is 4.90 Å². The number of hydrogen-bond acceptors (Lipinski definition) is 6. The van der Waals surface area contributed by atoms with Crippen molar-refractivity contribution >= 4 is 18.2 Å². The van der Waals surface area contributed by atoms with Crippen LogP contribution in [0.3, 0.4) is 0 Å². The smallest absolute Gasteiger partial charge is 0.444 e. The van der Waals surface area contributed by atoms with Crippen molar-refractivity contribution in [2.24, 2.45) is 5.92 Å². The van der Waals surface area contributed by atoms with Crippen LogP contribution in [0.5, 0.6) is 0 Å². The summed E-state index contributed by atoms with van der Waals surface area (Å²) in [4.78, 5) is 37.0. The van der Waals surface area contributed by atoms with Crippen LogP contribution >= 0.6 is 0 Å². The minimum atomic E-state index is -1.06. The summed E-state index contributed by atoms with van der Waals surface area (Å²) >= 11 is 0. The van der Waals surface area contributed by atoms with Crippen molar-refractivity contribution in [1.29, 1.82) is 0 Å². The van der Waals surface area contributed by atoms with Gasteiger partial charge in [-0.25, -0.2) is 14.4 Å². The van der Waals surface area contributed by atoms with Crippen molar-refractivity contribution in [2.75, 3.05) is 13.2 Å². The predicted molar refractivity (Wildman–Crippen MR) is 94.1 cm³/mol. The van der Waals surface area contributed by atoms with Crippen LogP contribution in [0.25, 0.3) is 0 Å². The fourth-order valence-electron chi connectivity index (χ4n) is 1.94. The fraction of sp³-hybridized carbons (Fsp3) is 0.722. The molecule has 0 bridgehead atoms. The van der Waals surface area contributed by atoms with Crippen LogP contribution in [0.1, 0.15) is 54.9 Å². The van der Waals surface area contributed by atoms with Gasteiger partial charge in [0.05, 0.1) is 6.61 Å². The zero-order chi connectivity index (χ0) is 19.8. The van der Waals surface area contributed by atoms with Gasteiger partial charge in [0.25, 0.3) is 0 Å². The van der Waals surface area contributed by atoms with Crippen LogP contribution in [0.2, 0.25) is 0 Å². The topological polar surface area (TPSA) is 82.1 Å². The quantitative estimate of drug-likeness (QED) is 0.433. The molecule has 0 aromatic rings. The summed E-state index contributed by atoms with van der Waals surface area (Å²) in [6.07, 6.45) is -1.48. The van der Waals surface area contributed by atoms with Crippen LogP contribution in [-0.4, -0.2) is 47.9 Å². The van der Waals surface area contributed by atoms with Crippen LogP contribution < -0.4 is 0 Å². The van der Waals surface area contributed by atoms with Gasteiger partial charge in [-0.2, -0.15) is 0 Å². The van der Waals surface area contributed by atoms with Gasteiger partial charge in [-0.3, -0.25) is 4.90 Å². The maximum absolute atomic E-state index is 12.2. The highest BCUT2D eigenvalue weighted by atomic mass is 16.7. The molecule has 0 aromatic heterocycles. The third-order valence-electron chi connectivity index (χ3n) is 2.87. The first-order valence-electron chi connectivity index (χ1n) is 8.54. The minimum Gasteiger partial charge on any atom is -0.444 e. The molecule has 1 fully saturated rings. The highest BCUT2D eigenvalue weighted by Crippen LogP contribution is 2.25. The van der Waals surface area contributed by atoms with E-state index >= 15 is 0 Å². The molecule has 1 aliphatic rings. The summed E-state index contributed by atoms with van der Waals surface area (Å²) in [7, 11) is 0. The molecule has 0 radical (unpaired) electrons. The third kappa shape index (κ3) is 8.56. The number of rotatable bonds is 3. The summed E-state index contributed by atoms with van der Waals surface area (Å²) in [6, 6.07) is -0.927. The van der Waals surface area contributed by atoms with E-state index in [-0.39, 0.29) is 25.5 Å². The van der Waals surface area contributed by atoms with Gasteiger partial charge in [-0.15, -0.1) is 0 Å². The second-order valence-electron chi connectivity index (χ2n) is 6.95. The Kier molecular flexibility index (Phi) is 9.23. The highest BCUT2D eigenvalue weighted by Gasteiger charge is 2.40. The first kappa shape index (κ1) is 22.9. The van der Waals surface area contributed by atoms with Crippen molar-refractivity contribution in [3.05, 3.63) is 12.2 Å². The Balaban J connectivity index is 0.00000277. The van der Waals surface area contributed by atoms with E-state index < -0.39 is 29.9 Å². The molecular formula is C18H31NO6. The van der Waals surface area contributed by atoms with Crippen molar-refractivity contribution in [1.82, 2.24) is 4.90 Å². The molecule has 1 rings (SSSR count). The molecule has 7 heteroatoms. The molecule has 1 amide bonds. The van der Waals surface area contributed by atoms with E-state index in [0.29, 0.717) is 5.57 Å². The van der Waals surface area contributed by atoms with Gasteiger partial charge in [0.15, 0.2) is 0 Å². The summed E-state index contributed by atoms with van der Waals surface area (Å²) in [5, 5.41) is 0. The number of nitrogens with zero attached hydrogens (tertiary/aromatic N) is 1. The van der Waals surface area contributed by atoms with Gasteiger partial charge in [0.1, 0.15) is 11.6 Å². The van der Waals surface area contributed by atoms with Gasteiger partial charge >= 0.3 is 18.2 Å². The van der Waals surface area contributed by atoms with E-state index in [1.807, 2.05) is 27.7 Å². The van der Waals surface area contributed by atoms with Crippen LogP contribution in [-0.2, 0) is 19.0 Å². The summed E-state index contributed by atoms with van der Waals surface area (Å²) in [5.74, 6) is -0.717. The molecular weight excluding hydrogens is 326 g/mol. The van der Waals surface area contributed by atoms with E-state index in [9.17, 15) is 14.4 Å². The number of ether oxygens (including phenoxy) is 3. The normalized spacial score (nSPS) is 16.9. The maximum atomic E-state index is 12.2. The lowest BCUT2D eigenvalue weighted by molar-refractivity contribution is -0.145. The molecule has 0 aliphatic carbocycles. The number of esters is 1. The van der Waals surface area contributed by atoms with E-state index in [0.717, 1.165) is 0 Å².